The number of hydrogen-bond acceptors (Lipinski definition) is 6. The van der Waals surface area contributed by atoms with Gasteiger partial charge < -0.3 is 20.5 Å². The molecular formula is C26H28Cl2N4O3. The highest BCUT2D eigenvalue weighted by atomic mass is 35.5. The van der Waals surface area contributed by atoms with Crippen LogP contribution in [0.1, 0.15) is 18.1 Å². The monoisotopic (exact) mass is 514 g/mol. The Labute approximate surface area is 215 Å². The summed E-state index contributed by atoms with van der Waals surface area (Å²) in [5.74, 6) is 0.144. The van der Waals surface area contributed by atoms with Crippen LogP contribution in [0.2, 0.25) is 10.0 Å². The molecule has 184 valence electrons. The maximum absolute atomic E-state index is 12.0. The number of ether oxygens (including phenoxy) is 1. The maximum atomic E-state index is 12.0. The molecule has 35 heavy (non-hydrogen) atoms. The van der Waals surface area contributed by atoms with Gasteiger partial charge in [-0.15, -0.1) is 0 Å². The van der Waals surface area contributed by atoms with Gasteiger partial charge in [-0.05, 0) is 60.0 Å². The van der Waals surface area contributed by atoms with Gasteiger partial charge in [0.1, 0.15) is 16.8 Å². The summed E-state index contributed by atoms with van der Waals surface area (Å²) in [7, 11) is 0. The standard InChI is InChI=1S/C26H28Cl2N4O3/c1-3-31-7-8-32(23(15-31)26(33)34)24-21(27)13-22(28)25(30-24)35-20-10-16(2)9-19(12-20)18-6-4-5-17(11-18)14-29/h4-6,9-13,23H,3,7-8,14-15,29H2,1-2H3,(H,33,34). The van der Waals surface area contributed by atoms with Gasteiger partial charge in [-0.1, -0.05) is 54.4 Å². The van der Waals surface area contributed by atoms with E-state index in [0.29, 0.717) is 37.7 Å². The van der Waals surface area contributed by atoms with E-state index in [1.54, 1.807) is 11.0 Å². The van der Waals surface area contributed by atoms with E-state index in [-0.39, 0.29) is 15.9 Å². The molecule has 1 aromatic heterocycles. The van der Waals surface area contributed by atoms with Gasteiger partial charge in [-0.25, -0.2) is 4.79 Å². The molecule has 0 bridgehead atoms. The fourth-order valence-corrected chi connectivity index (χ4v) is 4.77. The van der Waals surface area contributed by atoms with Crippen molar-refractivity contribution in [3.63, 3.8) is 0 Å². The van der Waals surface area contributed by atoms with E-state index in [9.17, 15) is 9.90 Å². The van der Waals surface area contributed by atoms with Crippen LogP contribution in [0, 0.1) is 6.92 Å². The summed E-state index contributed by atoms with van der Waals surface area (Å²) < 4.78 is 6.12. The van der Waals surface area contributed by atoms with Crippen LogP contribution in [0.15, 0.2) is 48.5 Å². The zero-order valence-electron chi connectivity index (χ0n) is 19.7. The largest absolute Gasteiger partial charge is 0.480 e. The van der Waals surface area contributed by atoms with Gasteiger partial charge in [0.2, 0.25) is 5.88 Å². The van der Waals surface area contributed by atoms with Gasteiger partial charge >= 0.3 is 5.97 Å². The lowest BCUT2D eigenvalue weighted by atomic mass is 10.0. The quantitative estimate of drug-likeness (QED) is 0.446. The predicted octanol–water partition coefficient (Wildman–Crippen LogP) is 5.21. The molecule has 1 aliphatic heterocycles. The van der Waals surface area contributed by atoms with Gasteiger partial charge in [0.05, 0.1) is 5.02 Å². The summed E-state index contributed by atoms with van der Waals surface area (Å²) in [6.07, 6.45) is 0. The van der Waals surface area contributed by atoms with Crippen molar-refractivity contribution in [2.75, 3.05) is 31.1 Å². The number of aromatic nitrogens is 1. The van der Waals surface area contributed by atoms with E-state index in [0.717, 1.165) is 28.8 Å². The highest BCUT2D eigenvalue weighted by Crippen LogP contribution is 2.37. The zero-order valence-corrected chi connectivity index (χ0v) is 21.2. The van der Waals surface area contributed by atoms with Gasteiger partial charge in [0.25, 0.3) is 0 Å². The topological polar surface area (TPSA) is 91.9 Å². The smallest absolute Gasteiger partial charge is 0.327 e. The predicted molar refractivity (Wildman–Crippen MR) is 140 cm³/mol. The van der Waals surface area contributed by atoms with E-state index in [1.807, 2.05) is 50.2 Å². The lowest BCUT2D eigenvalue weighted by Crippen LogP contribution is -2.56. The third-order valence-electron chi connectivity index (χ3n) is 6.11. The number of carbonyl (C=O) groups is 1. The van der Waals surface area contributed by atoms with Crippen molar-refractivity contribution in [3.8, 4) is 22.8 Å². The fourth-order valence-electron chi connectivity index (χ4n) is 4.27. The van der Waals surface area contributed by atoms with Crippen LogP contribution >= 0.6 is 23.2 Å². The number of nitrogens with zero attached hydrogens (tertiary/aromatic N) is 3. The number of aryl methyl sites for hydroxylation is 1. The highest BCUT2D eigenvalue weighted by molar-refractivity contribution is 6.36. The second-order valence-electron chi connectivity index (χ2n) is 8.56. The normalized spacial score (nSPS) is 16.4. The van der Waals surface area contributed by atoms with E-state index < -0.39 is 12.0 Å². The lowest BCUT2D eigenvalue weighted by Gasteiger charge is -2.39. The van der Waals surface area contributed by atoms with Crippen molar-refractivity contribution in [2.45, 2.75) is 26.4 Å². The second kappa shape index (κ2) is 10.8. The number of aliphatic carboxylic acids is 1. The van der Waals surface area contributed by atoms with Crippen LogP contribution < -0.4 is 15.4 Å². The van der Waals surface area contributed by atoms with Crippen LogP contribution in [0.25, 0.3) is 11.1 Å². The Kier molecular flexibility index (Phi) is 7.82. The second-order valence-corrected chi connectivity index (χ2v) is 9.38. The Hall–Kier alpha value is -2.84. The summed E-state index contributed by atoms with van der Waals surface area (Å²) in [6.45, 7) is 6.79. The van der Waals surface area contributed by atoms with Crippen molar-refractivity contribution in [1.29, 1.82) is 0 Å². The van der Waals surface area contributed by atoms with Crippen LogP contribution in [-0.2, 0) is 11.3 Å². The minimum Gasteiger partial charge on any atom is -0.480 e. The zero-order chi connectivity index (χ0) is 25.1. The molecule has 1 fully saturated rings. The number of pyridine rings is 1. The Morgan fingerprint density at radius 2 is 1.94 bits per heavy atom. The van der Waals surface area contributed by atoms with Crippen molar-refractivity contribution >= 4 is 35.0 Å². The molecule has 1 aliphatic rings. The highest BCUT2D eigenvalue weighted by Gasteiger charge is 2.34. The van der Waals surface area contributed by atoms with Gasteiger partial charge in [-0.3, -0.25) is 4.90 Å². The average molecular weight is 515 g/mol. The molecule has 0 spiro atoms. The number of carboxylic acid groups (broad SMARTS) is 1. The molecule has 2 heterocycles. The lowest BCUT2D eigenvalue weighted by molar-refractivity contribution is -0.139. The molecule has 1 atom stereocenters. The summed E-state index contributed by atoms with van der Waals surface area (Å²) in [4.78, 5) is 20.4. The van der Waals surface area contributed by atoms with E-state index in [2.05, 4.69) is 16.0 Å². The summed E-state index contributed by atoms with van der Waals surface area (Å²) in [5.41, 5.74) is 9.84. The van der Waals surface area contributed by atoms with Crippen molar-refractivity contribution < 1.29 is 14.6 Å². The van der Waals surface area contributed by atoms with Crippen molar-refractivity contribution in [3.05, 3.63) is 69.7 Å². The summed E-state index contributed by atoms with van der Waals surface area (Å²) >= 11 is 12.9. The van der Waals surface area contributed by atoms with E-state index in [1.165, 1.54) is 0 Å². The minimum absolute atomic E-state index is 0.167. The molecule has 3 aromatic rings. The first-order valence-electron chi connectivity index (χ1n) is 11.5. The summed E-state index contributed by atoms with van der Waals surface area (Å²) in [6, 6.07) is 14.7. The number of rotatable bonds is 7. The first-order chi connectivity index (χ1) is 16.8. The molecule has 0 saturated carbocycles. The first kappa shape index (κ1) is 25.3. The molecule has 0 amide bonds. The molecule has 9 heteroatoms. The fraction of sp³-hybridized carbons (Fsp3) is 0.308. The molecule has 1 unspecified atom stereocenters. The van der Waals surface area contributed by atoms with Gasteiger partial charge in [0, 0.05) is 26.2 Å². The number of likely N-dealkylation sites (N-methyl/N-ethyl adjacent to an activating group) is 1. The third-order valence-corrected chi connectivity index (χ3v) is 6.66. The third kappa shape index (κ3) is 5.70. The average Bonchev–Trinajstić information content (AvgIpc) is 2.85. The van der Waals surface area contributed by atoms with Gasteiger partial charge in [-0.2, -0.15) is 4.98 Å². The van der Waals surface area contributed by atoms with E-state index in [4.69, 9.17) is 33.7 Å². The molecule has 4 rings (SSSR count). The SMILES string of the molecule is CCN1CCN(c2nc(Oc3cc(C)cc(-c4cccc(CN)c4)c3)c(Cl)cc2Cl)C(C(=O)O)C1. The van der Waals surface area contributed by atoms with Gasteiger partial charge in [0.15, 0.2) is 5.82 Å². The minimum atomic E-state index is -0.929. The molecule has 2 aromatic carbocycles. The summed E-state index contributed by atoms with van der Waals surface area (Å²) in [5, 5.41) is 10.4. The number of halogens is 2. The first-order valence-corrected chi connectivity index (χ1v) is 12.2. The Bertz CT molecular complexity index is 1240. The molecule has 7 nitrogen and oxygen atoms in total. The number of nitrogens with two attached hydrogens (primary N) is 1. The number of piperazine rings is 1. The number of anilines is 1. The van der Waals surface area contributed by atoms with Crippen LogP contribution in [0.5, 0.6) is 11.6 Å². The van der Waals surface area contributed by atoms with Crippen LogP contribution in [0.4, 0.5) is 5.82 Å². The number of carboxylic acids is 1. The Morgan fingerprint density at radius 1 is 1.14 bits per heavy atom. The molecule has 1 saturated heterocycles. The Balaban J connectivity index is 1.67. The molecular weight excluding hydrogens is 487 g/mol. The van der Waals surface area contributed by atoms with Crippen molar-refractivity contribution in [2.24, 2.45) is 5.73 Å². The Morgan fingerprint density at radius 3 is 2.66 bits per heavy atom. The number of hydrogen-bond donors (Lipinski definition) is 2. The van der Waals surface area contributed by atoms with Crippen LogP contribution in [0.3, 0.4) is 0 Å². The number of benzene rings is 2. The van der Waals surface area contributed by atoms with Crippen LogP contribution in [-0.4, -0.2) is 53.2 Å². The molecule has 0 radical (unpaired) electrons. The van der Waals surface area contributed by atoms with E-state index >= 15 is 0 Å². The maximum Gasteiger partial charge on any atom is 0.327 e. The molecule has 3 N–H and O–H groups in total. The van der Waals surface area contributed by atoms with Crippen molar-refractivity contribution in [1.82, 2.24) is 9.88 Å². The molecule has 0 aliphatic carbocycles.